The highest BCUT2D eigenvalue weighted by atomic mass is 16.5. The van der Waals surface area contributed by atoms with Crippen LogP contribution in [0.1, 0.15) is 58.8 Å². The first-order valence-corrected chi connectivity index (χ1v) is 8.73. The van der Waals surface area contributed by atoms with Gasteiger partial charge in [-0.3, -0.25) is 4.79 Å². The highest BCUT2D eigenvalue weighted by Gasteiger charge is 2.30. The van der Waals surface area contributed by atoms with E-state index in [0.29, 0.717) is 18.7 Å². The molecule has 122 valence electrons. The first-order chi connectivity index (χ1) is 10.1. The second-order valence-corrected chi connectivity index (χ2v) is 6.93. The van der Waals surface area contributed by atoms with E-state index >= 15 is 0 Å². The third-order valence-electron chi connectivity index (χ3n) is 4.96. The second kappa shape index (κ2) is 8.14. The van der Waals surface area contributed by atoms with Gasteiger partial charge < -0.3 is 15.0 Å². The van der Waals surface area contributed by atoms with Gasteiger partial charge in [0.2, 0.25) is 0 Å². The lowest BCUT2D eigenvalue weighted by Gasteiger charge is -2.34. The van der Waals surface area contributed by atoms with Crippen LogP contribution in [0.5, 0.6) is 0 Å². The van der Waals surface area contributed by atoms with Crippen LogP contribution in [0.3, 0.4) is 0 Å². The second-order valence-electron chi connectivity index (χ2n) is 6.93. The van der Waals surface area contributed by atoms with Gasteiger partial charge in [0.25, 0.3) is 0 Å². The van der Waals surface area contributed by atoms with Crippen LogP contribution >= 0.6 is 0 Å². The van der Waals surface area contributed by atoms with Crippen molar-refractivity contribution < 1.29 is 9.53 Å². The van der Waals surface area contributed by atoms with Gasteiger partial charge in [-0.25, -0.2) is 0 Å². The Morgan fingerprint density at radius 3 is 2.48 bits per heavy atom. The quantitative estimate of drug-likeness (QED) is 0.699. The Morgan fingerprint density at radius 1 is 1.24 bits per heavy atom. The minimum Gasteiger partial charge on any atom is -0.465 e. The zero-order chi connectivity index (χ0) is 15.2. The molecule has 2 saturated carbocycles. The fourth-order valence-corrected chi connectivity index (χ4v) is 3.25. The van der Waals surface area contributed by atoms with E-state index in [1.54, 1.807) is 0 Å². The molecule has 4 nitrogen and oxygen atoms in total. The van der Waals surface area contributed by atoms with Crippen molar-refractivity contribution in [2.75, 3.05) is 20.2 Å². The molecule has 4 heteroatoms. The molecule has 0 radical (unpaired) electrons. The average molecular weight is 296 g/mol. The maximum absolute atomic E-state index is 12.0. The molecule has 0 aromatic carbocycles. The van der Waals surface area contributed by atoms with Gasteiger partial charge in [0.05, 0.1) is 6.61 Å². The molecule has 0 aromatic rings. The Kier molecular flexibility index (Phi) is 6.49. The van der Waals surface area contributed by atoms with Crippen molar-refractivity contribution in [3.8, 4) is 0 Å². The molecule has 0 aliphatic heterocycles. The number of hydrogen-bond donors (Lipinski definition) is 1. The number of nitrogens with one attached hydrogen (secondary N) is 1. The summed E-state index contributed by atoms with van der Waals surface area (Å²) in [5, 5.41) is 3.44. The number of carbonyl (C=O) groups excluding carboxylic acids is 1. The molecular formula is C17H32N2O2. The fraction of sp³-hybridized carbons (Fsp3) is 0.941. The lowest BCUT2D eigenvalue weighted by atomic mass is 9.86. The fourth-order valence-electron chi connectivity index (χ4n) is 3.25. The summed E-state index contributed by atoms with van der Waals surface area (Å²) in [5.41, 5.74) is 0. The molecule has 0 aromatic heterocycles. The Morgan fingerprint density at radius 2 is 1.90 bits per heavy atom. The maximum atomic E-state index is 12.0. The van der Waals surface area contributed by atoms with Crippen LogP contribution in [-0.2, 0) is 9.53 Å². The SMILES string of the molecule is CCOC(=O)C(CCN(C)C1CCC(C)CC1)NC1CC1. The lowest BCUT2D eigenvalue weighted by molar-refractivity contribution is -0.146. The van der Waals surface area contributed by atoms with Crippen molar-refractivity contribution in [3.05, 3.63) is 0 Å². The molecule has 0 amide bonds. The van der Waals surface area contributed by atoms with E-state index in [4.69, 9.17) is 4.74 Å². The largest absolute Gasteiger partial charge is 0.465 e. The van der Waals surface area contributed by atoms with Crippen molar-refractivity contribution in [1.82, 2.24) is 10.2 Å². The molecule has 0 bridgehead atoms. The molecule has 1 N–H and O–H groups in total. The zero-order valence-corrected chi connectivity index (χ0v) is 13.9. The van der Waals surface area contributed by atoms with Crippen LogP contribution in [0.2, 0.25) is 0 Å². The molecule has 0 spiro atoms. The number of esters is 1. The standard InChI is InChI=1S/C17H32N2O2/c1-4-21-17(20)16(18-14-7-8-14)11-12-19(3)15-9-5-13(2)6-10-15/h13-16,18H,4-12H2,1-3H3. The van der Waals surface area contributed by atoms with Gasteiger partial charge in [-0.05, 0) is 64.8 Å². The van der Waals surface area contributed by atoms with Gasteiger partial charge in [-0.15, -0.1) is 0 Å². The van der Waals surface area contributed by atoms with E-state index in [1.165, 1.54) is 38.5 Å². The van der Waals surface area contributed by atoms with Gasteiger partial charge in [-0.1, -0.05) is 6.92 Å². The minimum atomic E-state index is -0.123. The third kappa shape index (κ3) is 5.59. The van der Waals surface area contributed by atoms with Crippen molar-refractivity contribution in [3.63, 3.8) is 0 Å². The van der Waals surface area contributed by atoms with E-state index in [9.17, 15) is 4.79 Å². The zero-order valence-electron chi connectivity index (χ0n) is 13.9. The predicted octanol–water partition coefficient (Wildman–Crippen LogP) is 2.57. The summed E-state index contributed by atoms with van der Waals surface area (Å²) in [7, 11) is 2.21. The van der Waals surface area contributed by atoms with Gasteiger partial charge in [0, 0.05) is 18.6 Å². The highest BCUT2D eigenvalue weighted by molar-refractivity contribution is 5.75. The summed E-state index contributed by atoms with van der Waals surface area (Å²) in [4.78, 5) is 14.5. The first kappa shape index (κ1) is 16.8. The summed E-state index contributed by atoms with van der Waals surface area (Å²) < 4.78 is 5.20. The van der Waals surface area contributed by atoms with Crippen LogP contribution in [0, 0.1) is 5.92 Å². The first-order valence-electron chi connectivity index (χ1n) is 8.73. The summed E-state index contributed by atoms with van der Waals surface area (Å²) in [6.07, 6.45) is 8.55. The van der Waals surface area contributed by atoms with E-state index in [1.807, 2.05) is 6.92 Å². The average Bonchev–Trinajstić information content (AvgIpc) is 3.28. The van der Waals surface area contributed by atoms with E-state index in [0.717, 1.165) is 18.9 Å². The summed E-state index contributed by atoms with van der Waals surface area (Å²) >= 11 is 0. The smallest absolute Gasteiger partial charge is 0.323 e. The molecule has 0 saturated heterocycles. The highest BCUT2D eigenvalue weighted by Crippen LogP contribution is 2.26. The molecule has 21 heavy (non-hydrogen) atoms. The predicted molar refractivity (Wildman–Crippen MR) is 85.2 cm³/mol. The van der Waals surface area contributed by atoms with Gasteiger partial charge in [-0.2, -0.15) is 0 Å². The number of rotatable bonds is 8. The van der Waals surface area contributed by atoms with Crippen molar-refractivity contribution >= 4 is 5.97 Å². The Bertz CT molecular complexity index is 323. The molecular weight excluding hydrogens is 264 g/mol. The number of carbonyl (C=O) groups is 1. The van der Waals surface area contributed by atoms with Gasteiger partial charge in [0.1, 0.15) is 6.04 Å². The summed E-state index contributed by atoms with van der Waals surface area (Å²) in [5.74, 6) is 0.813. The Hall–Kier alpha value is -0.610. The molecule has 2 fully saturated rings. The molecule has 0 heterocycles. The van der Waals surface area contributed by atoms with Crippen LogP contribution in [0.4, 0.5) is 0 Å². The maximum Gasteiger partial charge on any atom is 0.323 e. The van der Waals surface area contributed by atoms with Crippen LogP contribution in [-0.4, -0.2) is 49.2 Å². The third-order valence-corrected chi connectivity index (χ3v) is 4.96. The normalized spacial score (nSPS) is 27.6. The van der Waals surface area contributed by atoms with Crippen LogP contribution in [0.25, 0.3) is 0 Å². The monoisotopic (exact) mass is 296 g/mol. The Labute approximate surface area is 129 Å². The number of nitrogens with zero attached hydrogens (tertiary/aromatic N) is 1. The van der Waals surface area contributed by atoms with Crippen molar-refractivity contribution in [2.45, 2.75) is 76.9 Å². The summed E-state index contributed by atoms with van der Waals surface area (Å²) in [6, 6.07) is 1.12. The van der Waals surface area contributed by atoms with E-state index in [-0.39, 0.29) is 12.0 Å². The molecule has 1 atom stereocenters. The molecule has 2 aliphatic rings. The van der Waals surface area contributed by atoms with Gasteiger partial charge >= 0.3 is 5.97 Å². The van der Waals surface area contributed by atoms with Crippen molar-refractivity contribution in [1.29, 1.82) is 0 Å². The minimum absolute atomic E-state index is 0.0740. The van der Waals surface area contributed by atoms with E-state index in [2.05, 4.69) is 24.2 Å². The number of ether oxygens (including phenoxy) is 1. The molecule has 2 aliphatic carbocycles. The Balaban J connectivity index is 1.75. The summed E-state index contributed by atoms with van der Waals surface area (Å²) in [6.45, 7) is 5.67. The topological polar surface area (TPSA) is 41.6 Å². The van der Waals surface area contributed by atoms with E-state index < -0.39 is 0 Å². The number of hydrogen-bond acceptors (Lipinski definition) is 4. The molecule has 1 unspecified atom stereocenters. The molecule has 2 rings (SSSR count). The lowest BCUT2D eigenvalue weighted by Crippen LogP contribution is -2.43. The van der Waals surface area contributed by atoms with Crippen LogP contribution in [0.15, 0.2) is 0 Å². The van der Waals surface area contributed by atoms with Crippen molar-refractivity contribution in [2.24, 2.45) is 5.92 Å². The van der Waals surface area contributed by atoms with Crippen LogP contribution < -0.4 is 5.32 Å². The van der Waals surface area contributed by atoms with Gasteiger partial charge in [0.15, 0.2) is 0 Å².